The molecule has 2 aliphatic heterocycles. The van der Waals surface area contributed by atoms with Crippen molar-refractivity contribution in [1.29, 1.82) is 0 Å². The summed E-state index contributed by atoms with van der Waals surface area (Å²) >= 11 is 0. The molecule has 0 aliphatic carbocycles. The van der Waals surface area contributed by atoms with E-state index in [1.165, 1.54) is 6.42 Å². The van der Waals surface area contributed by atoms with Gasteiger partial charge in [-0.05, 0) is 51.4 Å². The van der Waals surface area contributed by atoms with E-state index in [-0.39, 0.29) is 6.10 Å². The molecular formula is C17H33N3O2. The molecule has 22 heavy (non-hydrogen) atoms. The number of nitrogens with zero attached hydrogens (tertiary/aromatic N) is 2. The Bertz CT molecular complexity index is 328. The first-order chi connectivity index (χ1) is 10.7. The predicted octanol–water partition coefficient (Wildman–Crippen LogP) is 1.34. The van der Waals surface area contributed by atoms with Crippen LogP contribution in [0.4, 0.5) is 0 Å². The first-order valence-electron chi connectivity index (χ1n) is 9.05. The molecular weight excluding hydrogens is 278 g/mol. The summed E-state index contributed by atoms with van der Waals surface area (Å²) in [4.78, 5) is 16.6. The van der Waals surface area contributed by atoms with Crippen molar-refractivity contribution in [2.24, 2.45) is 5.92 Å². The highest BCUT2D eigenvalue weighted by Crippen LogP contribution is 2.18. The van der Waals surface area contributed by atoms with Crippen LogP contribution in [0.1, 0.15) is 39.5 Å². The van der Waals surface area contributed by atoms with Gasteiger partial charge in [-0.3, -0.25) is 4.79 Å². The number of carbonyl (C=O) groups excluding carboxylic acids is 1. The Morgan fingerprint density at radius 1 is 1.32 bits per heavy atom. The van der Waals surface area contributed by atoms with Crippen molar-refractivity contribution in [2.45, 2.75) is 45.6 Å². The molecule has 2 unspecified atom stereocenters. The molecule has 0 aromatic heterocycles. The number of likely N-dealkylation sites (tertiary alicyclic amines) is 1. The summed E-state index contributed by atoms with van der Waals surface area (Å²) in [5.41, 5.74) is 0. The minimum absolute atomic E-state index is 0.243. The Kier molecular flexibility index (Phi) is 7.63. The van der Waals surface area contributed by atoms with Crippen molar-refractivity contribution in [3.05, 3.63) is 0 Å². The average Bonchev–Trinajstić information content (AvgIpc) is 3.20. The highest BCUT2D eigenvalue weighted by Gasteiger charge is 2.27. The number of likely N-dealkylation sites (N-methyl/N-ethyl adjacent to an activating group) is 1. The molecule has 2 aliphatic rings. The number of nitrogens with one attached hydrogen (secondary N) is 1. The number of ether oxygens (including phenoxy) is 1. The molecule has 0 aromatic carbocycles. The Balaban J connectivity index is 1.58. The van der Waals surface area contributed by atoms with Gasteiger partial charge >= 0.3 is 0 Å². The highest BCUT2D eigenvalue weighted by molar-refractivity contribution is 5.76. The zero-order valence-electron chi connectivity index (χ0n) is 14.4. The number of carbonyl (C=O) groups is 1. The predicted molar refractivity (Wildman–Crippen MR) is 88.9 cm³/mol. The van der Waals surface area contributed by atoms with E-state index < -0.39 is 0 Å². The van der Waals surface area contributed by atoms with Crippen LogP contribution >= 0.6 is 0 Å². The topological polar surface area (TPSA) is 44.8 Å². The molecule has 0 bridgehead atoms. The van der Waals surface area contributed by atoms with E-state index in [2.05, 4.69) is 24.1 Å². The molecule has 128 valence electrons. The van der Waals surface area contributed by atoms with Gasteiger partial charge < -0.3 is 19.9 Å². The molecule has 2 rings (SSSR count). The van der Waals surface area contributed by atoms with Gasteiger partial charge in [0.25, 0.3) is 0 Å². The fourth-order valence-electron chi connectivity index (χ4n) is 3.43. The third-order valence-electron chi connectivity index (χ3n) is 5.08. The second-order valence-corrected chi connectivity index (χ2v) is 6.55. The van der Waals surface area contributed by atoms with Crippen LogP contribution in [-0.4, -0.2) is 74.2 Å². The smallest absolute Gasteiger partial charge is 0.222 e. The SMILES string of the molecule is CCN(CC)CCOC1CCN(C(=O)CCC2CCNC2)C1. The largest absolute Gasteiger partial charge is 0.375 e. The Hall–Kier alpha value is -0.650. The second-order valence-electron chi connectivity index (χ2n) is 6.55. The minimum Gasteiger partial charge on any atom is -0.375 e. The molecule has 1 N–H and O–H groups in total. The van der Waals surface area contributed by atoms with Crippen LogP contribution in [0.5, 0.6) is 0 Å². The van der Waals surface area contributed by atoms with Crippen LogP contribution in [0.25, 0.3) is 0 Å². The second kappa shape index (κ2) is 9.48. The summed E-state index contributed by atoms with van der Waals surface area (Å²) < 4.78 is 5.95. The number of hydrogen-bond acceptors (Lipinski definition) is 4. The molecule has 5 nitrogen and oxygen atoms in total. The molecule has 0 radical (unpaired) electrons. The summed E-state index contributed by atoms with van der Waals surface area (Å²) in [6.07, 6.45) is 4.21. The van der Waals surface area contributed by atoms with Crippen molar-refractivity contribution >= 4 is 5.91 Å². The highest BCUT2D eigenvalue weighted by atomic mass is 16.5. The maximum absolute atomic E-state index is 12.3. The normalized spacial score (nSPS) is 25.3. The third kappa shape index (κ3) is 5.52. The summed E-state index contributed by atoms with van der Waals surface area (Å²) in [6.45, 7) is 12.1. The lowest BCUT2D eigenvalue weighted by atomic mass is 10.0. The van der Waals surface area contributed by atoms with E-state index in [1.807, 2.05) is 4.90 Å². The van der Waals surface area contributed by atoms with Crippen molar-refractivity contribution in [3.63, 3.8) is 0 Å². The number of hydrogen-bond donors (Lipinski definition) is 1. The van der Waals surface area contributed by atoms with Gasteiger partial charge in [-0.15, -0.1) is 0 Å². The molecule has 1 amide bonds. The van der Waals surface area contributed by atoms with Crippen LogP contribution in [0.15, 0.2) is 0 Å². The minimum atomic E-state index is 0.243. The van der Waals surface area contributed by atoms with Crippen molar-refractivity contribution < 1.29 is 9.53 Å². The van der Waals surface area contributed by atoms with Crippen LogP contribution in [0.2, 0.25) is 0 Å². The van der Waals surface area contributed by atoms with E-state index in [9.17, 15) is 4.79 Å². The van der Waals surface area contributed by atoms with Gasteiger partial charge in [-0.1, -0.05) is 13.8 Å². The van der Waals surface area contributed by atoms with Crippen LogP contribution in [0, 0.1) is 5.92 Å². The monoisotopic (exact) mass is 311 g/mol. The van der Waals surface area contributed by atoms with Crippen molar-refractivity contribution in [1.82, 2.24) is 15.1 Å². The lowest BCUT2D eigenvalue weighted by molar-refractivity contribution is -0.131. The molecule has 2 atom stereocenters. The van der Waals surface area contributed by atoms with Crippen molar-refractivity contribution in [3.8, 4) is 0 Å². The van der Waals surface area contributed by atoms with E-state index in [0.29, 0.717) is 18.2 Å². The standard InChI is InChI=1S/C17H33N3O2/c1-3-19(4-2)11-12-22-16-8-10-20(14-16)17(21)6-5-15-7-9-18-13-15/h15-16,18H,3-14H2,1-2H3. The van der Waals surface area contributed by atoms with Gasteiger partial charge in [0, 0.05) is 26.1 Å². The quantitative estimate of drug-likeness (QED) is 0.698. The van der Waals surface area contributed by atoms with Crippen molar-refractivity contribution in [2.75, 3.05) is 52.4 Å². The van der Waals surface area contributed by atoms with Gasteiger partial charge in [0.15, 0.2) is 0 Å². The third-order valence-corrected chi connectivity index (χ3v) is 5.08. The van der Waals surface area contributed by atoms with Gasteiger partial charge in [-0.2, -0.15) is 0 Å². The lowest BCUT2D eigenvalue weighted by Crippen LogP contribution is -2.32. The maximum atomic E-state index is 12.3. The fraction of sp³-hybridized carbons (Fsp3) is 0.941. The first kappa shape index (κ1) is 17.7. The molecule has 2 fully saturated rings. The van der Waals surface area contributed by atoms with E-state index in [0.717, 1.165) is 65.3 Å². The zero-order valence-corrected chi connectivity index (χ0v) is 14.4. The first-order valence-corrected chi connectivity index (χ1v) is 9.05. The summed E-state index contributed by atoms with van der Waals surface area (Å²) in [6, 6.07) is 0. The molecule has 2 heterocycles. The van der Waals surface area contributed by atoms with E-state index >= 15 is 0 Å². The molecule has 0 saturated carbocycles. The molecule has 0 spiro atoms. The number of amides is 1. The average molecular weight is 311 g/mol. The number of rotatable bonds is 9. The van der Waals surface area contributed by atoms with Gasteiger partial charge in [0.2, 0.25) is 5.91 Å². The Labute approximate surface area is 135 Å². The molecule has 2 saturated heterocycles. The lowest BCUT2D eigenvalue weighted by Gasteiger charge is -2.20. The maximum Gasteiger partial charge on any atom is 0.222 e. The van der Waals surface area contributed by atoms with Gasteiger partial charge in [0.05, 0.1) is 12.7 Å². The zero-order chi connectivity index (χ0) is 15.8. The van der Waals surface area contributed by atoms with Crippen LogP contribution in [-0.2, 0) is 9.53 Å². The molecule has 5 heteroatoms. The van der Waals surface area contributed by atoms with E-state index in [4.69, 9.17) is 4.74 Å². The summed E-state index contributed by atoms with van der Waals surface area (Å²) in [5.74, 6) is 1.02. The fourth-order valence-corrected chi connectivity index (χ4v) is 3.43. The van der Waals surface area contributed by atoms with Gasteiger partial charge in [-0.25, -0.2) is 0 Å². The summed E-state index contributed by atoms with van der Waals surface area (Å²) in [5, 5.41) is 3.37. The Morgan fingerprint density at radius 3 is 2.82 bits per heavy atom. The van der Waals surface area contributed by atoms with Gasteiger partial charge in [0.1, 0.15) is 0 Å². The molecule has 0 aromatic rings. The van der Waals surface area contributed by atoms with E-state index in [1.54, 1.807) is 0 Å². The summed E-state index contributed by atoms with van der Waals surface area (Å²) in [7, 11) is 0. The van der Waals surface area contributed by atoms with Crippen LogP contribution < -0.4 is 5.32 Å². The van der Waals surface area contributed by atoms with Crippen LogP contribution in [0.3, 0.4) is 0 Å². The Morgan fingerprint density at radius 2 is 2.14 bits per heavy atom.